The van der Waals surface area contributed by atoms with Crippen LogP contribution in [0.15, 0.2) is 24.4 Å². The Bertz CT molecular complexity index is 1020. The van der Waals surface area contributed by atoms with E-state index < -0.39 is 21.8 Å². The van der Waals surface area contributed by atoms with Crippen LogP contribution in [-0.2, 0) is 10.0 Å². The van der Waals surface area contributed by atoms with Crippen LogP contribution in [0.2, 0.25) is 5.02 Å². The van der Waals surface area contributed by atoms with E-state index in [1.165, 1.54) is 10.5 Å². The van der Waals surface area contributed by atoms with E-state index in [-0.39, 0.29) is 23.2 Å². The molecule has 2 heterocycles. The van der Waals surface area contributed by atoms with Gasteiger partial charge in [0.1, 0.15) is 5.69 Å². The van der Waals surface area contributed by atoms with E-state index in [0.717, 1.165) is 0 Å². The highest BCUT2D eigenvalue weighted by Gasteiger charge is 2.28. The van der Waals surface area contributed by atoms with Gasteiger partial charge in [-0.05, 0) is 38.3 Å². The summed E-state index contributed by atoms with van der Waals surface area (Å²) in [6.45, 7) is 4.11. The van der Waals surface area contributed by atoms with Crippen molar-refractivity contribution in [3.8, 4) is 0 Å². The summed E-state index contributed by atoms with van der Waals surface area (Å²) in [5.74, 6) is -0.798. The number of sulfonamides is 1. The summed E-state index contributed by atoms with van der Waals surface area (Å²) in [6.07, 6.45) is 2.38. The van der Waals surface area contributed by atoms with Crippen molar-refractivity contribution in [2.75, 3.05) is 24.2 Å². The molecule has 0 radical (unpaired) electrons. The predicted octanol–water partition coefficient (Wildman–Crippen LogP) is 2.17. The van der Waals surface area contributed by atoms with Crippen molar-refractivity contribution in [3.05, 3.63) is 46.2 Å². The zero-order valence-electron chi connectivity index (χ0n) is 16.7. The van der Waals surface area contributed by atoms with E-state index in [2.05, 4.69) is 20.8 Å². The first-order chi connectivity index (χ1) is 14.2. The summed E-state index contributed by atoms with van der Waals surface area (Å²) < 4.78 is 25.4. The van der Waals surface area contributed by atoms with Gasteiger partial charge in [-0.25, -0.2) is 12.7 Å². The lowest BCUT2D eigenvalue weighted by atomic mass is 10.1. The van der Waals surface area contributed by atoms with Gasteiger partial charge in [0.05, 0.1) is 28.2 Å². The Balaban J connectivity index is 1.64. The van der Waals surface area contributed by atoms with Gasteiger partial charge in [0, 0.05) is 19.1 Å². The number of hydrogen-bond donors (Lipinski definition) is 3. The van der Waals surface area contributed by atoms with Gasteiger partial charge < -0.3 is 10.6 Å². The van der Waals surface area contributed by atoms with Crippen LogP contribution >= 0.6 is 11.6 Å². The smallest absolute Gasteiger partial charge is 0.271 e. The molecule has 0 aliphatic carbocycles. The second-order valence-corrected chi connectivity index (χ2v) is 9.76. The van der Waals surface area contributed by atoms with E-state index >= 15 is 0 Å². The third-order valence-corrected chi connectivity index (χ3v) is 7.31. The lowest BCUT2D eigenvalue weighted by Crippen LogP contribution is -2.47. The summed E-state index contributed by atoms with van der Waals surface area (Å²) in [4.78, 5) is 25.3. The van der Waals surface area contributed by atoms with Gasteiger partial charge in [-0.1, -0.05) is 23.7 Å². The molecule has 11 heteroatoms. The van der Waals surface area contributed by atoms with Crippen LogP contribution in [0.4, 0.5) is 5.69 Å². The van der Waals surface area contributed by atoms with Gasteiger partial charge >= 0.3 is 0 Å². The monoisotopic (exact) mass is 453 g/mol. The molecule has 1 aliphatic heterocycles. The highest BCUT2D eigenvalue weighted by molar-refractivity contribution is 7.89. The minimum absolute atomic E-state index is 0.0616. The Kier molecular flexibility index (Phi) is 6.79. The number of nitrogens with one attached hydrogen (secondary N) is 3. The van der Waals surface area contributed by atoms with E-state index in [1.807, 2.05) is 0 Å². The molecule has 2 amide bonds. The maximum atomic E-state index is 12.7. The van der Waals surface area contributed by atoms with Crippen molar-refractivity contribution in [2.45, 2.75) is 32.7 Å². The van der Waals surface area contributed by atoms with Crippen LogP contribution in [0.1, 0.15) is 46.2 Å². The molecule has 9 nitrogen and oxygen atoms in total. The normalized spacial score (nSPS) is 15.7. The standard InChI is InChI=1S/C19H24ClN5O4S/c1-3-30(28,29)25-9-7-13(8-10-25)22-19(27)17-15(11-21-24-17)23-18(26)16-12(2)5-4-6-14(16)20/h4-6,11,13H,3,7-10H2,1-2H3,(H,21,24)(H,22,27)(H,23,26). The Labute approximate surface area is 180 Å². The molecule has 3 rings (SSSR count). The molecule has 3 N–H and O–H groups in total. The van der Waals surface area contributed by atoms with Crippen LogP contribution in [0.5, 0.6) is 0 Å². The SMILES string of the molecule is CCS(=O)(=O)N1CCC(NC(=O)c2[nH]ncc2NC(=O)c2c(C)cccc2Cl)CC1. The van der Waals surface area contributed by atoms with Crippen molar-refractivity contribution < 1.29 is 18.0 Å². The van der Waals surface area contributed by atoms with Crippen molar-refractivity contribution in [3.63, 3.8) is 0 Å². The maximum absolute atomic E-state index is 12.7. The van der Waals surface area contributed by atoms with E-state index in [1.54, 1.807) is 32.0 Å². The van der Waals surface area contributed by atoms with Gasteiger partial charge in [0.2, 0.25) is 10.0 Å². The second kappa shape index (κ2) is 9.15. The average Bonchev–Trinajstić information content (AvgIpc) is 3.16. The number of carbonyl (C=O) groups is 2. The molecular weight excluding hydrogens is 430 g/mol. The molecule has 0 saturated carbocycles. The summed E-state index contributed by atoms with van der Waals surface area (Å²) in [5, 5.41) is 12.3. The number of amides is 2. The highest BCUT2D eigenvalue weighted by Crippen LogP contribution is 2.22. The molecule has 0 unspecified atom stereocenters. The molecule has 0 spiro atoms. The molecule has 1 aliphatic rings. The zero-order chi connectivity index (χ0) is 21.9. The van der Waals surface area contributed by atoms with Crippen molar-refractivity contribution in [2.24, 2.45) is 0 Å². The first-order valence-electron chi connectivity index (χ1n) is 9.61. The van der Waals surface area contributed by atoms with Crippen molar-refractivity contribution in [1.29, 1.82) is 0 Å². The molecule has 1 aromatic carbocycles. The number of rotatable bonds is 6. The van der Waals surface area contributed by atoms with Gasteiger partial charge in [0.15, 0.2) is 0 Å². The van der Waals surface area contributed by atoms with Crippen LogP contribution < -0.4 is 10.6 Å². The fourth-order valence-electron chi connectivity index (χ4n) is 3.38. The molecule has 0 atom stereocenters. The predicted molar refractivity (Wildman–Crippen MR) is 114 cm³/mol. The van der Waals surface area contributed by atoms with Gasteiger partial charge in [-0.15, -0.1) is 0 Å². The summed E-state index contributed by atoms with van der Waals surface area (Å²) in [5.41, 5.74) is 1.40. The number of halogens is 1. The third-order valence-electron chi connectivity index (χ3n) is 5.11. The number of carbonyl (C=O) groups excluding carboxylic acids is 2. The van der Waals surface area contributed by atoms with Crippen LogP contribution in [0.25, 0.3) is 0 Å². The Hall–Kier alpha value is -2.43. The van der Waals surface area contributed by atoms with E-state index in [0.29, 0.717) is 42.1 Å². The zero-order valence-corrected chi connectivity index (χ0v) is 18.3. The lowest BCUT2D eigenvalue weighted by Gasteiger charge is -2.31. The minimum atomic E-state index is -3.22. The number of aromatic amines is 1. The molecule has 1 saturated heterocycles. The number of aryl methyl sites for hydroxylation is 1. The fourth-order valence-corrected chi connectivity index (χ4v) is 4.82. The molecule has 162 valence electrons. The first kappa shape index (κ1) is 22.3. The third kappa shape index (κ3) is 4.82. The number of H-pyrrole nitrogens is 1. The summed E-state index contributed by atoms with van der Waals surface area (Å²) in [6, 6.07) is 4.98. The number of piperidine rings is 1. The summed E-state index contributed by atoms with van der Waals surface area (Å²) >= 11 is 6.14. The summed E-state index contributed by atoms with van der Waals surface area (Å²) in [7, 11) is -3.22. The Morgan fingerprint density at radius 3 is 2.60 bits per heavy atom. The highest BCUT2D eigenvalue weighted by atomic mass is 35.5. The number of hydrogen-bond acceptors (Lipinski definition) is 5. The first-order valence-corrected chi connectivity index (χ1v) is 11.6. The van der Waals surface area contributed by atoms with Crippen molar-refractivity contribution >= 4 is 39.1 Å². The van der Waals surface area contributed by atoms with Gasteiger partial charge in [-0.2, -0.15) is 5.10 Å². The number of nitrogens with zero attached hydrogens (tertiary/aromatic N) is 2. The minimum Gasteiger partial charge on any atom is -0.348 e. The largest absolute Gasteiger partial charge is 0.348 e. The molecule has 1 fully saturated rings. The lowest BCUT2D eigenvalue weighted by molar-refractivity contribution is 0.0919. The second-order valence-electron chi connectivity index (χ2n) is 7.09. The fraction of sp³-hybridized carbons (Fsp3) is 0.421. The Morgan fingerprint density at radius 1 is 1.27 bits per heavy atom. The molecule has 30 heavy (non-hydrogen) atoms. The number of anilines is 1. The maximum Gasteiger partial charge on any atom is 0.271 e. The molecule has 0 bridgehead atoms. The Morgan fingerprint density at radius 2 is 1.97 bits per heavy atom. The molecular formula is C19H24ClN5O4S. The van der Waals surface area contributed by atoms with Crippen LogP contribution in [0, 0.1) is 6.92 Å². The van der Waals surface area contributed by atoms with Gasteiger partial charge in [-0.3, -0.25) is 14.7 Å². The van der Waals surface area contributed by atoms with Crippen molar-refractivity contribution in [1.82, 2.24) is 19.8 Å². The van der Waals surface area contributed by atoms with Crippen LogP contribution in [-0.4, -0.2) is 59.6 Å². The number of benzene rings is 1. The average molecular weight is 454 g/mol. The number of aromatic nitrogens is 2. The van der Waals surface area contributed by atoms with E-state index in [4.69, 9.17) is 11.6 Å². The van der Waals surface area contributed by atoms with Gasteiger partial charge in [0.25, 0.3) is 11.8 Å². The quantitative estimate of drug-likeness (QED) is 0.618. The topological polar surface area (TPSA) is 124 Å². The van der Waals surface area contributed by atoms with Crippen LogP contribution in [0.3, 0.4) is 0 Å². The molecule has 1 aromatic heterocycles. The van der Waals surface area contributed by atoms with E-state index in [9.17, 15) is 18.0 Å². The molecule has 2 aromatic rings.